The average Bonchev–Trinajstić information content (AvgIpc) is 3.20. The number of nitrogens with zero attached hydrogens (tertiary/aromatic N) is 1. The smallest absolute Gasteiger partial charge is 0.249 e. The molecule has 124 valence electrons. The predicted molar refractivity (Wildman–Crippen MR) is 90.0 cm³/mol. The van der Waals surface area contributed by atoms with Crippen molar-refractivity contribution in [2.45, 2.75) is 42.4 Å². The molecule has 1 saturated carbocycles. The summed E-state index contributed by atoms with van der Waals surface area (Å²) in [6, 6.07) is 0.178. The Morgan fingerprint density at radius 2 is 1.77 bits per heavy atom. The quantitative estimate of drug-likeness (QED) is 0.815. The first-order chi connectivity index (χ1) is 10.7. The largest absolute Gasteiger partial charge is 0.371 e. The number of rotatable bonds is 5. The Morgan fingerprint density at radius 1 is 1.14 bits per heavy atom. The minimum absolute atomic E-state index is 0.0247. The highest BCUT2D eigenvalue weighted by Crippen LogP contribution is 2.35. The lowest BCUT2D eigenvalue weighted by Crippen LogP contribution is -2.50. The molecule has 0 aromatic carbocycles. The van der Waals surface area contributed by atoms with E-state index in [0.717, 1.165) is 50.3 Å². The van der Waals surface area contributed by atoms with E-state index in [2.05, 4.69) is 5.32 Å². The molecule has 22 heavy (non-hydrogen) atoms. The highest BCUT2D eigenvalue weighted by atomic mass is 32.2. The molecule has 0 bridgehead atoms. The van der Waals surface area contributed by atoms with Gasteiger partial charge < -0.3 is 15.0 Å². The van der Waals surface area contributed by atoms with Crippen molar-refractivity contribution < 1.29 is 14.3 Å². The van der Waals surface area contributed by atoms with E-state index in [1.54, 1.807) is 30.6 Å². The van der Waals surface area contributed by atoms with Gasteiger partial charge in [0.1, 0.15) is 10.7 Å². The van der Waals surface area contributed by atoms with Gasteiger partial charge >= 0.3 is 0 Å². The number of nitrogens with one attached hydrogen (secondary N) is 1. The number of amides is 2. The van der Waals surface area contributed by atoms with Crippen LogP contribution in [0.15, 0.2) is 0 Å². The first kappa shape index (κ1) is 16.5. The molecule has 0 aromatic heterocycles. The number of hydrogen-bond acceptors (Lipinski definition) is 5. The van der Waals surface area contributed by atoms with Gasteiger partial charge in [-0.2, -0.15) is 0 Å². The summed E-state index contributed by atoms with van der Waals surface area (Å²) in [5.74, 6) is 2.85. The molecule has 5 nitrogen and oxygen atoms in total. The molecule has 2 heterocycles. The van der Waals surface area contributed by atoms with Gasteiger partial charge in [0.05, 0.1) is 0 Å². The topological polar surface area (TPSA) is 58.6 Å². The maximum absolute atomic E-state index is 12.4. The zero-order valence-electron chi connectivity index (χ0n) is 13.0. The van der Waals surface area contributed by atoms with Gasteiger partial charge in [0.2, 0.25) is 11.8 Å². The highest BCUT2D eigenvalue weighted by molar-refractivity contribution is 8.21. The minimum Gasteiger partial charge on any atom is -0.371 e. The van der Waals surface area contributed by atoms with Crippen molar-refractivity contribution in [1.82, 2.24) is 10.2 Å². The molecule has 0 spiro atoms. The van der Waals surface area contributed by atoms with E-state index in [0.29, 0.717) is 5.92 Å². The van der Waals surface area contributed by atoms with Crippen LogP contribution in [0.2, 0.25) is 0 Å². The normalized spacial score (nSPS) is 25.2. The Bertz CT molecular complexity index is 417. The molecule has 7 heteroatoms. The zero-order valence-corrected chi connectivity index (χ0v) is 14.6. The van der Waals surface area contributed by atoms with Crippen molar-refractivity contribution in [3.05, 3.63) is 0 Å². The summed E-state index contributed by atoms with van der Waals surface area (Å²) in [6.45, 7) is 1.50. The molecule has 2 amide bonds. The Hall–Kier alpha value is -0.400. The van der Waals surface area contributed by atoms with Crippen molar-refractivity contribution in [2.75, 3.05) is 31.7 Å². The summed E-state index contributed by atoms with van der Waals surface area (Å²) >= 11 is 3.52. The average molecular weight is 345 g/mol. The summed E-state index contributed by atoms with van der Waals surface area (Å²) < 4.78 is 5.42. The number of hydrogen-bond donors (Lipinski definition) is 1. The molecule has 3 fully saturated rings. The van der Waals surface area contributed by atoms with Gasteiger partial charge in [-0.05, 0) is 31.6 Å². The van der Waals surface area contributed by atoms with Crippen LogP contribution in [0.3, 0.4) is 0 Å². The van der Waals surface area contributed by atoms with Crippen molar-refractivity contribution >= 4 is 35.3 Å². The van der Waals surface area contributed by atoms with E-state index in [-0.39, 0.29) is 28.5 Å². The zero-order chi connectivity index (χ0) is 15.5. The second kappa shape index (κ2) is 7.45. The summed E-state index contributed by atoms with van der Waals surface area (Å²) in [6.07, 6.45) is 3.60. The summed E-state index contributed by atoms with van der Waals surface area (Å²) in [7, 11) is 1.61. The number of carbonyl (C=O) groups excluding carboxylic acids is 2. The van der Waals surface area contributed by atoms with Gasteiger partial charge in [0.15, 0.2) is 0 Å². The molecular weight excluding hydrogens is 320 g/mol. The second-order valence-corrected chi connectivity index (χ2v) is 8.90. The Labute approximate surface area is 140 Å². The van der Waals surface area contributed by atoms with E-state index in [1.807, 2.05) is 4.90 Å². The van der Waals surface area contributed by atoms with Crippen LogP contribution in [0, 0.1) is 5.92 Å². The van der Waals surface area contributed by atoms with E-state index < -0.39 is 0 Å². The molecule has 2 saturated heterocycles. The lowest BCUT2D eigenvalue weighted by atomic mass is 10.0. The fraction of sp³-hybridized carbons (Fsp3) is 0.867. The number of thioether (sulfide) groups is 2. The summed E-state index contributed by atoms with van der Waals surface area (Å²) in [5, 5.41) is 3.11. The van der Waals surface area contributed by atoms with Gasteiger partial charge in [-0.15, -0.1) is 23.5 Å². The van der Waals surface area contributed by atoms with E-state index in [4.69, 9.17) is 4.74 Å². The van der Waals surface area contributed by atoms with Gasteiger partial charge in [0, 0.05) is 37.7 Å². The molecule has 3 aliphatic rings. The Balaban J connectivity index is 1.43. The third-order valence-electron chi connectivity index (χ3n) is 4.54. The fourth-order valence-electron chi connectivity index (χ4n) is 3.09. The first-order valence-electron chi connectivity index (χ1n) is 8.04. The molecule has 0 aromatic rings. The number of likely N-dealkylation sites (tertiary alicyclic amines) is 1. The van der Waals surface area contributed by atoms with Crippen LogP contribution in [0.5, 0.6) is 0 Å². The van der Waals surface area contributed by atoms with Crippen LogP contribution in [0.25, 0.3) is 0 Å². The molecule has 1 atom stereocenters. The lowest BCUT2D eigenvalue weighted by molar-refractivity contribution is -0.133. The standard InChI is InChI=1S/C15H24N2O3S2/c1-20-12(10-2-3-10)13(18)16-11-4-6-17(7-5-11)14(19)15-21-8-9-22-15/h10-12,15H,2-9H2,1H3,(H,16,18). The molecule has 0 radical (unpaired) electrons. The van der Waals surface area contributed by atoms with E-state index in [1.165, 1.54) is 0 Å². The number of carbonyl (C=O) groups is 2. The highest BCUT2D eigenvalue weighted by Gasteiger charge is 2.37. The number of ether oxygens (including phenoxy) is 1. The molecule has 1 N–H and O–H groups in total. The predicted octanol–water partition coefficient (Wildman–Crippen LogP) is 1.32. The fourth-order valence-corrected chi connectivity index (χ4v) is 5.83. The van der Waals surface area contributed by atoms with Crippen LogP contribution < -0.4 is 5.32 Å². The second-order valence-electron chi connectivity index (χ2n) is 6.18. The monoisotopic (exact) mass is 344 g/mol. The van der Waals surface area contributed by atoms with Crippen LogP contribution in [0.4, 0.5) is 0 Å². The summed E-state index contributed by atoms with van der Waals surface area (Å²) in [5.41, 5.74) is 0. The van der Waals surface area contributed by atoms with E-state index >= 15 is 0 Å². The van der Waals surface area contributed by atoms with Crippen molar-refractivity contribution in [3.8, 4) is 0 Å². The molecule has 1 unspecified atom stereocenters. The van der Waals surface area contributed by atoms with Gasteiger partial charge in [0.25, 0.3) is 0 Å². The van der Waals surface area contributed by atoms with Crippen LogP contribution in [0.1, 0.15) is 25.7 Å². The van der Waals surface area contributed by atoms with Gasteiger partial charge in [-0.3, -0.25) is 9.59 Å². The molecular formula is C15H24N2O3S2. The maximum atomic E-state index is 12.4. The third kappa shape index (κ3) is 3.92. The molecule has 2 aliphatic heterocycles. The van der Waals surface area contributed by atoms with Crippen LogP contribution >= 0.6 is 23.5 Å². The van der Waals surface area contributed by atoms with Crippen molar-refractivity contribution in [1.29, 1.82) is 0 Å². The van der Waals surface area contributed by atoms with Gasteiger partial charge in [-0.1, -0.05) is 0 Å². The first-order valence-corrected chi connectivity index (χ1v) is 10.1. The molecule has 3 rings (SSSR count). The van der Waals surface area contributed by atoms with Crippen LogP contribution in [-0.2, 0) is 14.3 Å². The summed E-state index contributed by atoms with van der Waals surface area (Å²) in [4.78, 5) is 26.5. The maximum Gasteiger partial charge on any atom is 0.249 e. The van der Waals surface area contributed by atoms with Crippen molar-refractivity contribution in [2.24, 2.45) is 5.92 Å². The van der Waals surface area contributed by atoms with Gasteiger partial charge in [-0.25, -0.2) is 0 Å². The lowest BCUT2D eigenvalue weighted by Gasteiger charge is -2.34. The SMILES string of the molecule is COC(C(=O)NC1CCN(C(=O)C2SCCS2)CC1)C1CC1. The number of piperidine rings is 1. The Kier molecular flexibility index (Phi) is 5.57. The number of methoxy groups -OCH3 is 1. The Morgan fingerprint density at radius 3 is 2.32 bits per heavy atom. The van der Waals surface area contributed by atoms with Crippen LogP contribution in [-0.4, -0.2) is 65.1 Å². The minimum atomic E-state index is -0.286. The third-order valence-corrected chi connectivity index (χ3v) is 7.50. The molecule has 1 aliphatic carbocycles. The van der Waals surface area contributed by atoms with E-state index in [9.17, 15) is 9.59 Å². The van der Waals surface area contributed by atoms with Crippen molar-refractivity contribution in [3.63, 3.8) is 0 Å².